The Kier molecular flexibility index (Phi) is 7.50. The summed E-state index contributed by atoms with van der Waals surface area (Å²) in [5.74, 6) is 0. The molecule has 0 aliphatic carbocycles. The van der Waals surface area contributed by atoms with Gasteiger partial charge in [0.15, 0.2) is 8.07 Å². The monoisotopic (exact) mass is 616 g/mol. The van der Waals surface area contributed by atoms with Gasteiger partial charge in [-0.05, 0) is 26.2 Å². The summed E-state index contributed by atoms with van der Waals surface area (Å²) in [5.41, 5.74) is 0. The maximum absolute atomic E-state index is 6.94. The van der Waals surface area contributed by atoms with Crippen molar-refractivity contribution in [3.63, 3.8) is 0 Å². The highest BCUT2D eigenvalue weighted by molar-refractivity contribution is 14.1. The van der Waals surface area contributed by atoms with Gasteiger partial charge in [-0.25, -0.2) is 0 Å². The minimum atomic E-state index is -2.60. The smallest absolute Gasteiger partial charge is 0.0868 e. The second-order valence-corrected chi connectivity index (χ2v) is 21.0. The van der Waals surface area contributed by atoms with Crippen LogP contribution in [0.25, 0.3) is 0 Å². The van der Waals surface area contributed by atoms with Gasteiger partial charge < -0.3 is 0 Å². The first-order valence-electron chi connectivity index (χ1n) is 11.7. The molecule has 0 fully saturated rings. The first-order chi connectivity index (χ1) is 17.2. The predicted molar refractivity (Wildman–Crippen MR) is 168 cm³/mol. The Morgan fingerprint density at radius 2 is 0.714 bits per heavy atom. The van der Waals surface area contributed by atoms with E-state index in [1.165, 1.54) is 26.2 Å². The Bertz CT molecular complexity index is 1270. The number of benzene rings is 5. The van der Waals surface area contributed by atoms with Crippen LogP contribution < -0.4 is 26.2 Å². The molecule has 0 heterocycles. The van der Waals surface area contributed by atoms with Crippen LogP contribution in [0, 0.1) is 0 Å². The number of alkyl halides is 1. The second kappa shape index (κ2) is 10.8. The summed E-state index contributed by atoms with van der Waals surface area (Å²) in [6.07, 6.45) is 0. The normalized spacial score (nSPS) is 12.7. The van der Waals surface area contributed by atoms with E-state index in [9.17, 15) is 0 Å². The molecule has 0 nitrogen and oxygen atoms in total. The lowest BCUT2D eigenvalue weighted by molar-refractivity contribution is 1.63. The van der Waals surface area contributed by atoms with Crippen LogP contribution in [0.15, 0.2) is 152 Å². The van der Waals surface area contributed by atoms with Crippen molar-refractivity contribution >= 4 is 74.7 Å². The van der Waals surface area contributed by atoms with Crippen LogP contribution in [-0.4, -0.2) is 11.4 Å². The molecule has 1 unspecified atom stereocenters. The third kappa shape index (κ3) is 4.40. The van der Waals surface area contributed by atoms with Crippen LogP contribution in [-0.2, 0) is 11.8 Å². The van der Waals surface area contributed by atoms with E-state index in [1.54, 1.807) is 0 Å². The van der Waals surface area contributed by atoms with E-state index in [0.29, 0.717) is 0 Å². The molecule has 0 aliphatic heterocycles. The van der Waals surface area contributed by atoms with Crippen molar-refractivity contribution < 1.29 is 0 Å². The minimum Gasteiger partial charge on any atom is -0.0868 e. The fourth-order valence-electron chi connectivity index (χ4n) is 5.00. The lowest BCUT2D eigenvalue weighted by Crippen LogP contribution is -2.73. The molecule has 5 rings (SSSR count). The Labute approximate surface area is 228 Å². The number of hydrogen-bond donors (Lipinski definition) is 0. The van der Waals surface area contributed by atoms with Gasteiger partial charge >= 0.3 is 0 Å². The van der Waals surface area contributed by atoms with Crippen LogP contribution in [0.2, 0.25) is 0 Å². The molecule has 4 heteroatoms. The zero-order valence-corrected chi connectivity index (χ0v) is 24.1. The van der Waals surface area contributed by atoms with Gasteiger partial charge in [0.1, 0.15) is 0 Å². The van der Waals surface area contributed by atoms with Crippen LogP contribution in [0.5, 0.6) is 0 Å². The zero-order chi connectivity index (χ0) is 24.1. The van der Waals surface area contributed by atoms with Gasteiger partial charge in [0, 0.05) is 6.04 Å². The van der Waals surface area contributed by atoms with E-state index >= 15 is 0 Å². The third-order valence-corrected chi connectivity index (χ3v) is 25.1. The van der Waals surface area contributed by atoms with E-state index in [0.717, 1.165) is 0 Å². The standard InChI is InChI=1S/C31H26IPSSi/c32-31(33(34,26-16-6-1-7-17-26)27-18-8-2-9-19-27)35(28-20-10-3-11-21-28,29-22-12-4-13-23-29)30-24-14-5-15-25-30/h1-25,31H. The van der Waals surface area contributed by atoms with Crippen LogP contribution in [0.4, 0.5) is 0 Å². The molecule has 0 aromatic heterocycles. The van der Waals surface area contributed by atoms with Crippen molar-refractivity contribution in [3.05, 3.63) is 152 Å². The fraction of sp³-hybridized carbons (Fsp3) is 0.0323. The molecule has 5 aromatic carbocycles. The van der Waals surface area contributed by atoms with Gasteiger partial charge in [-0.1, -0.05) is 186 Å². The van der Waals surface area contributed by atoms with Crippen LogP contribution >= 0.6 is 28.6 Å². The van der Waals surface area contributed by atoms with E-state index in [2.05, 4.69) is 174 Å². The first kappa shape index (κ1) is 24.4. The summed E-state index contributed by atoms with van der Waals surface area (Å²) in [4.78, 5) is 0. The number of hydrogen-bond acceptors (Lipinski definition) is 1. The van der Waals surface area contributed by atoms with Crippen LogP contribution in [0.3, 0.4) is 0 Å². The summed E-state index contributed by atoms with van der Waals surface area (Å²) in [5, 5.41) is 6.76. The summed E-state index contributed by atoms with van der Waals surface area (Å²) < 4.78 is 0.208. The Morgan fingerprint density at radius 1 is 0.457 bits per heavy atom. The summed E-state index contributed by atoms with van der Waals surface area (Å²) in [6.45, 7) is 0. The fourth-order valence-corrected chi connectivity index (χ4v) is 22.8. The predicted octanol–water partition coefficient (Wildman–Crippen LogP) is 5.59. The average Bonchev–Trinajstić information content (AvgIpc) is 2.96. The third-order valence-electron chi connectivity index (χ3n) is 6.64. The van der Waals surface area contributed by atoms with Gasteiger partial charge in [0.05, 0.1) is 3.29 Å². The van der Waals surface area contributed by atoms with Crippen LogP contribution in [0.1, 0.15) is 0 Å². The summed E-state index contributed by atoms with van der Waals surface area (Å²) >= 11 is 9.70. The Balaban J connectivity index is 1.90. The molecular weight excluding hydrogens is 590 g/mol. The molecule has 0 saturated heterocycles. The maximum Gasteiger partial charge on any atom is 0.166 e. The molecule has 0 amide bonds. The van der Waals surface area contributed by atoms with E-state index in [-0.39, 0.29) is 3.29 Å². The highest BCUT2D eigenvalue weighted by Gasteiger charge is 2.51. The summed E-state index contributed by atoms with van der Waals surface area (Å²) in [7, 11) is -2.60. The Hall–Kier alpha value is -2.30. The second-order valence-electron chi connectivity index (χ2n) is 8.57. The molecule has 0 bridgehead atoms. The van der Waals surface area contributed by atoms with Crippen molar-refractivity contribution in [2.75, 3.05) is 0 Å². The van der Waals surface area contributed by atoms with Gasteiger partial charge in [-0.2, -0.15) is 0 Å². The molecule has 0 radical (unpaired) electrons. The molecule has 0 spiro atoms. The molecule has 5 aromatic rings. The van der Waals surface area contributed by atoms with Gasteiger partial charge in [0.25, 0.3) is 0 Å². The lowest BCUT2D eigenvalue weighted by Gasteiger charge is -2.43. The maximum atomic E-state index is 6.94. The number of halogens is 1. The lowest BCUT2D eigenvalue weighted by atomic mass is 10.3. The molecular formula is C31H26IPSSi. The van der Waals surface area contributed by atoms with Crippen molar-refractivity contribution in [2.24, 2.45) is 0 Å². The SMILES string of the molecule is S=P(c1ccccc1)(c1ccccc1)C(I)[Si](c1ccccc1)(c1ccccc1)c1ccccc1. The van der Waals surface area contributed by atoms with Crippen molar-refractivity contribution in [2.45, 2.75) is 3.29 Å². The zero-order valence-electron chi connectivity index (χ0n) is 19.2. The van der Waals surface area contributed by atoms with Crippen molar-refractivity contribution in [1.82, 2.24) is 0 Å². The van der Waals surface area contributed by atoms with Gasteiger partial charge in [0.2, 0.25) is 0 Å². The number of rotatable bonds is 7. The molecule has 35 heavy (non-hydrogen) atoms. The Morgan fingerprint density at radius 3 is 1.00 bits per heavy atom. The highest BCUT2D eigenvalue weighted by atomic mass is 127. The summed E-state index contributed by atoms with van der Waals surface area (Å²) in [6, 6.07) is 52.9. The van der Waals surface area contributed by atoms with E-state index in [4.69, 9.17) is 11.8 Å². The highest BCUT2D eigenvalue weighted by Crippen LogP contribution is 2.55. The van der Waals surface area contributed by atoms with E-state index in [1.807, 2.05) is 0 Å². The molecule has 1 atom stereocenters. The quantitative estimate of drug-likeness (QED) is 0.0756. The van der Waals surface area contributed by atoms with Gasteiger partial charge in [-0.15, -0.1) is 0 Å². The molecule has 172 valence electrons. The minimum absolute atomic E-state index is 0.208. The van der Waals surface area contributed by atoms with Crippen molar-refractivity contribution in [1.29, 1.82) is 0 Å². The largest absolute Gasteiger partial charge is 0.166 e. The topological polar surface area (TPSA) is 0 Å². The van der Waals surface area contributed by atoms with E-state index < -0.39 is 14.1 Å². The average molecular weight is 617 g/mol. The molecule has 0 N–H and O–H groups in total. The molecule has 0 aliphatic rings. The molecule has 0 saturated carbocycles. The van der Waals surface area contributed by atoms with Crippen molar-refractivity contribution in [3.8, 4) is 0 Å². The first-order valence-corrected chi connectivity index (χ1v) is 17.9. The van der Waals surface area contributed by atoms with Gasteiger partial charge in [-0.3, -0.25) is 0 Å².